The van der Waals surface area contributed by atoms with Crippen molar-refractivity contribution in [1.29, 1.82) is 0 Å². The molecule has 0 fully saturated rings. The average molecular weight is 90.4 g/mol. The van der Waals surface area contributed by atoms with Gasteiger partial charge in [-0.15, -0.1) is 11.6 Å². The van der Waals surface area contributed by atoms with Gasteiger partial charge < -0.3 is 0 Å². The Kier molecular flexibility index (Phi) is 2.77. The average Bonchev–Trinajstić information content (AvgIpc) is 1.38. The lowest BCUT2D eigenvalue weighted by molar-refractivity contribution is 1.85. The molecule has 0 aromatic rings. The summed E-state index contributed by atoms with van der Waals surface area (Å²) in [5.41, 5.74) is 0. The second-order valence-electron chi connectivity index (χ2n) is 1.55. The number of halogens is 1. The van der Waals surface area contributed by atoms with Gasteiger partial charge in [0.1, 0.15) is 0 Å². The second kappa shape index (κ2) is 2.58. The fourth-order valence-corrected chi connectivity index (χ4v) is 0. The molecule has 0 rings (SSSR count). The molecule has 0 aromatic carbocycles. The van der Waals surface area contributed by atoms with E-state index in [1.807, 2.05) is 0 Å². The van der Waals surface area contributed by atoms with Gasteiger partial charge in [-0.1, -0.05) is 13.6 Å². The van der Waals surface area contributed by atoms with Crippen molar-refractivity contribution in [3.63, 3.8) is 0 Å². The minimum Gasteiger partial charge on any atom is -0.136 e. The molecule has 0 atom stereocenters. The van der Waals surface area contributed by atoms with Crippen LogP contribution in [0.2, 0.25) is 13.6 Å². The van der Waals surface area contributed by atoms with Crippen LogP contribution in [0.25, 0.3) is 0 Å². The summed E-state index contributed by atoms with van der Waals surface area (Å²) in [6.45, 7) is 4.83. The number of alkyl halides is 1. The van der Waals surface area contributed by atoms with E-state index in [1.165, 1.54) is 0 Å². The maximum Gasteiger partial charge on any atom is 0.151 e. The van der Waals surface area contributed by atoms with E-state index in [9.17, 15) is 0 Å². The van der Waals surface area contributed by atoms with E-state index in [0.717, 1.165) is 5.78 Å². The predicted molar refractivity (Wildman–Crippen MR) is 28.2 cm³/mol. The third kappa shape index (κ3) is 4.35. The molecular formula is C3H8BCl. The molecule has 0 N–H and O–H groups in total. The first-order valence-corrected chi connectivity index (χ1v) is 2.36. The Hall–Kier alpha value is 0.355. The molecule has 0 aliphatic carbocycles. The van der Waals surface area contributed by atoms with Crippen LogP contribution in [0.5, 0.6) is 0 Å². The van der Waals surface area contributed by atoms with Crippen LogP contribution in [0, 0.1) is 0 Å². The van der Waals surface area contributed by atoms with E-state index in [0.29, 0.717) is 6.71 Å². The molecule has 2 heteroatoms. The summed E-state index contributed by atoms with van der Waals surface area (Å²) in [6, 6.07) is 0. The Balaban J connectivity index is 2.54. The maximum absolute atomic E-state index is 5.34. The van der Waals surface area contributed by atoms with Crippen molar-refractivity contribution in [2.45, 2.75) is 13.6 Å². The maximum atomic E-state index is 5.34. The highest BCUT2D eigenvalue weighted by Crippen LogP contribution is 1.80. The van der Waals surface area contributed by atoms with Crippen molar-refractivity contribution in [2.24, 2.45) is 0 Å². The molecule has 0 bridgehead atoms. The normalized spacial score (nSPS) is 7.80. The van der Waals surface area contributed by atoms with Gasteiger partial charge in [-0.05, 0) is 5.78 Å². The molecule has 0 saturated heterocycles. The zero-order chi connectivity index (χ0) is 4.28. The van der Waals surface area contributed by atoms with Crippen LogP contribution in [-0.2, 0) is 0 Å². The largest absolute Gasteiger partial charge is 0.151 e. The molecule has 0 saturated carbocycles. The van der Waals surface area contributed by atoms with Crippen LogP contribution in [0.4, 0.5) is 0 Å². The third-order valence-corrected chi connectivity index (χ3v) is 0.926. The van der Waals surface area contributed by atoms with Crippen LogP contribution in [0.15, 0.2) is 0 Å². The summed E-state index contributed by atoms with van der Waals surface area (Å²) in [6.07, 6.45) is 0. The van der Waals surface area contributed by atoms with Gasteiger partial charge >= 0.3 is 0 Å². The lowest BCUT2D eigenvalue weighted by Crippen LogP contribution is -1.99. The zero-order valence-corrected chi connectivity index (χ0v) is 4.42. The molecule has 0 amide bonds. The van der Waals surface area contributed by atoms with Gasteiger partial charge in [-0.25, -0.2) is 0 Å². The first-order chi connectivity index (χ1) is 2.27. The smallest absolute Gasteiger partial charge is 0.136 e. The van der Waals surface area contributed by atoms with E-state index < -0.39 is 0 Å². The lowest BCUT2D eigenvalue weighted by Gasteiger charge is -1.82. The number of hydrogen-bond acceptors (Lipinski definition) is 0. The molecule has 0 aliphatic heterocycles. The summed E-state index contributed by atoms with van der Waals surface area (Å²) in [7, 11) is 0. The van der Waals surface area contributed by atoms with Crippen LogP contribution >= 0.6 is 11.6 Å². The monoisotopic (exact) mass is 90.0 g/mol. The van der Waals surface area contributed by atoms with E-state index in [-0.39, 0.29) is 0 Å². The molecule has 0 heterocycles. The van der Waals surface area contributed by atoms with Gasteiger partial charge in [0.15, 0.2) is 6.71 Å². The van der Waals surface area contributed by atoms with E-state index in [2.05, 4.69) is 13.6 Å². The second-order valence-corrected chi connectivity index (χ2v) is 1.86. The van der Waals surface area contributed by atoms with Gasteiger partial charge in [0.25, 0.3) is 0 Å². The molecule has 0 spiro atoms. The summed E-state index contributed by atoms with van der Waals surface area (Å²) in [5.74, 6) is 0.778. The van der Waals surface area contributed by atoms with Gasteiger partial charge in [-0.2, -0.15) is 0 Å². The molecule has 5 heavy (non-hydrogen) atoms. The Bertz CT molecular complexity index is 20.9. The summed E-state index contributed by atoms with van der Waals surface area (Å²) in [5, 5.41) is 0. The topological polar surface area (TPSA) is 0 Å². The molecule has 0 aliphatic rings. The highest BCUT2D eigenvalue weighted by atomic mass is 35.5. The van der Waals surface area contributed by atoms with Crippen LogP contribution < -0.4 is 0 Å². The first-order valence-electron chi connectivity index (χ1n) is 1.83. The van der Waals surface area contributed by atoms with E-state index in [1.54, 1.807) is 0 Å². The fraction of sp³-hybridized carbons (Fsp3) is 1.00. The predicted octanol–water partition coefficient (Wildman–Crippen LogP) is 1.52. The van der Waals surface area contributed by atoms with E-state index in [4.69, 9.17) is 11.6 Å². The number of rotatable bonds is 1. The summed E-state index contributed by atoms with van der Waals surface area (Å²) < 4.78 is 0. The highest BCUT2D eigenvalue weighted by molar-refractivity contribution is 6.64. The minimum atomic E-state index is 0.650. The molecule has 0 nitrogen and oxygen atoms in total. The van der Waals surface area contributed by atoms with Crippen LogP contribution in [0.1, 0.15) is 0 Å². The lowest BCUT2D eigenvalue weighted by atomic mass is 9.57. The quantitative estimate of drug-likeness (QED) is 0.338. The van der Waals surface area contributed by atoms with Crippen LogP contribution in [-0.4, -0.2) is 12.5 Å². The number of hydrogen-bond donors (Lipinski definition) is 0. The van der Waals surface area contributed by atoms with Crippen molar-refractivity contribution < 1.29 is 0 Å². The molecule has 0 radical (unpaired) electrons. The van der Waals surface area contributed by atoms with Crippen molar-refractivity contribution in [3.8, 4) is 0 Å². The molecule has 0 aromatic heterocycles. The highest BCUT2D eigenvalue weighted by Gasteiger charge is 1.89. The van der Waals surface area contributed by atoms with Gasteiger partial charge in [0.2, 0.25) is 0 Å². The van der Waals surface area contributed by atoms with Crippen LogP contribution in [0.3, 0.4) is 0 Å². The summed E-state index contributed by atoms with van der Waals surface area (Å²) in [4.78, 5) is 0. The van der Waals surface area contributed by atoms with Gasteiger partial charge in [0, 0.05) is 0 Å². The van der Waals surface area contributed by atoms with Gasteiger partial charge in [-0.3, -0.25) is 0 Å². The summed E-state index contributed by atoms with van der Waals surface area (Å²) >= 11 is 5.34. The van der Waals surface area contributed by atoms with Crippen molar-refractivity contribution in [1.82, 2.24) is 0 Å². The Labute approximate surface area is 38.6 Å². The Morgan fingerprint density at radius 1 is 1.60 bits per heavy atom. The fourth-order valence-electron chi connectivity index (χ4n) is 0. The molecule has 0 unspecified atom stereocenters. The standard InChI is InChI=1S/C3H8BCl/c1-4(2)3-5/h3H2,1-2H3. The molecule has 30 valence electrons. The first kappa shape index (κ1) is 5.35. The van der Waals surface area contributed by atoms with Crippen molar-refractivity contribution in [2.75, 3.05) is 5.78 Å². The van der Waals surface area contributed by atoms with Gasteiger partial charge in [0.05, 0.1) is 0 Å². The Morgan fingerprint density at radius 3 is 1.80 bits per heavy atom. The van der Waals surface area contributed by atoms with Crippen molar-refractivity contribution >= 4 is 18.3 Å². The van der Waals surface area contributed by atoms with E-state index >= 15 is 0 Å². The molecular weight excluding hydrogens is 82.3 g/mol. The van der Waals surface area contributed by atoms with Crippen molar-refractivity contribution in [3.05, 3.63) is 0 Å². The minimum absolute atomic E-state index is 0.650. The SMILES string of the molecule is CB(C)CCl. The third-order valence-electron chi connectivity index (χ3n) is 0.309. The Morgan fingerprint density at radius 2 is 1.80 bits per heavy atom. The zero-order valence-electron chi connectivity index (χ0n) is 3.66.